The molecule has 0 aromatic carbocycles. The number of amides is 1. The second-order valence-electron chi connectivity index (χ2n) is 5.39. The van der Waals surface area contributed by atoms with Gasteiger partial charge in [0.1, 0.15) is 5.54 Å². The number of rotatable bonds is 7. The van der Waals surface area contributed by atoms with Crippen molar-refractivity contribution < 1.29 is 14.7 Å². The topological polar surface area (TPSA) is 96.9 Å². The molecule has 6 nitrogen and oxygen atoms in total. The first-order valence-corrected chi connectivity index (χ1v) is 7.51. The summed E-state index contributed by atoms with van der Waals surface area (Å²) in [5.41, 5.74) is 5.14. The van der Waals surface area contributed by atoms with Crippen LogP contribution in [-0.2, 0) is 9.53 Å². The van der Waals surface area contributed by atoms with Crippen LogP contribution in [0, 0.1) is 0 Å². The Morgan fingerprint density at radius 1 is 1.30 bits per heavy atom. The van der Waals surface area contributed by atoms with E-state index in [4.69, 9.17) is 15.7 Å². The van der Waals surface area contributed by atoms with Gasteiger partial charge in [0.25, 0.3) is 0 Å². The minimum Gasteiger partial charge on any atom is -0.409 e. The number of ether oxygens (including phenoxy) is 1. The lowest BCUT2D eigenvalue weighted by atomic mass is 9.88. The number of hydrogen-bond acceptors (Lipinski definition) is 4. The van der Waals surface area contributed by atoms with E-state index in [0.717, 1.165) is 44.9 Å². The fraction of sp³-hybridized carbons (Fsp3) is 0.857. The highest BCUT2D eigenvalue weighted by molar-refractivity contribution is 5.93. The molecule has 0 saturated heterocycles. The molecule has 0 radical (unpaired) electrons. The van der Waals surface area contributed by atoms with E-state index in [2.05, 4.69) is 10.5 Å². The van der Waals surface area contributed by atoms with E-state index in [-0.39, 0.29) is 11.7 Å². The molecule has 0 bridgehead atoms. The first-order valence-electron chi connectivity index (χ1n) is 7.51. The summed E-state index contributed by atoms with van der Waals surface area (Å²) in [6.07, 6.45) is 6.89. The van der Waals surface area contributed by atoms with Gasteiger partial charge in [-0.2, -0.15) is 0 Å². The average Bonchev–Trinajstić information content (AvgIpc) is 2.69. The molecule has 0 heterocycles. The molecule has 1 amide bonds. The average molecular weight is 285 g/mol. The summed E-state index contributed by atoms with van der Waals surface area (Å²) in [6, 6.07) is 0. The third-order valence-electron chi connectivity index (χ3n) is 3.76. The van der Waals surface area contributed by atoms with Gasteiger partial charge in [0.2, 0.25) is 5.91 Å². The Morgan fingerprint density at radius 2 is 1.95 bits per heavy atom. The zero-order chi connectivity index (χ0) is 14.8. The third kappa shape index (κ3) is 5.00. The first-order chi connectivity index (χ1) is 9.64. The van der Waals surface area contributed by atoms with Crippen molar-refractivity contribution in [3.05, 3.63) is 0 Å². The molecule has 1 aliphatic rings. The molecular formula is C14H27N3O3. The Bertz CT molecular complexity index is 324. The van der Waals surface area contributed by atoms with Crippen molar-refractivity contribution in [3.8, 4) is 0 Å². The van der Waals surface area contributed by atoms with Crippen molar-refractivity contribution in [1.29, 1.82) is 0 Å². The normalized spacial score (nSPS) is 19.4. The van der Waals surface area contributed by atoms with E-state index in [1.165, 1.54) is 0 Å². The number of nitrogens with zero attached hydrogens (tertiary/aromatic N) is 1. The molecule has 1 aliphatic carbocycles. The molecule has 20 heavy (non-hydrogen) atoms. The van der Waals surface area contributed by atoms with Crippen molar-refractivity contribution in [3.63, 3.8) is 0 Å². The van der Waals surface area contributed by atoms with Gasteiger partial charge < -0.3 is 21.0 Å². The fourth-order valence-electron chi connectivity index (χ4n) is 2.61. The zero-order valence-corrected chi connectivity index (χ0v) is 12.4. The number of carbonyl (C=O) groups excluding carboxylic acids is 1. The summed E-state index contributed by atoms with van der Waals surface area (Å²) >= 11 is 0. The second-order valence-corrected chi connectivity index (χ2v) is 5.39. The molecule has 116 valence electrons. The Labute approximate surface area is 120 Å². The molecule has 0 aliphatic heterocycles. The predicted octanol–water partition coefficient (Wildman–Crippen LogP) is 1.76. The molecule has 1 saturated carbocycles. The summed E-state index contributed by atoms with van der Waals surface area (Å²) in [5, 5.41) is 15.1. The van der Waals surface area contributed by atoms with Crippen LogP contribution in [-0.4, -0.2) is 35.7 Å². The molecule has 0 spiro atoms. The van der Waals surface area contributed by atoms with E-state index in [1.54, 1.807) is 0 Å². The van der Waals surface area contributed by atoms with Crippen LogP contribution in [0.2, 0.25) is 0 Å². The molecule has 0 aromatic rings. The molecule has 4 N–H and O–H groups in total. The van der Waals surface area contributed by atoms with Gasteiger partial charge >= 0.3 is 0 Å². The number of nitrogens with one attached hydrogen (secondary N) is 1. The maximum atomic E-state index is 12.0. The van der Waals surface area contributed by atoms with Gasteiger partial charge in [-0.1, -0.05) is 37.8 Å². The van der Waals surface area contributed by atoms with Crippen molar-refractivity contribution in [1.82, 2.24) is 5.32 Å². The van der Waals surface area contributed by atoms with Gasteiger partial charge in [-0.05, 0) is 19.3 Å². The largest absolute Gasteiger partial charge is 0.409 e. The Hall–Kier alpha value is -1.30. The van der Waals surface area contributed by atoms with Crippen LogP contribution in [0.3, 0.4) is 0 Å². The molecule has 0 aromatic heterocycles. The van der Waals surface area contributed by atoms with Crippen molar-refractivity contribution in [2.24, 2.45) is 10.9 Å². The van der Waals surface area contributed by atoms with Gasteiger partial charge in [0.05, 0.1) is 6.61 Å². The van der Waals surface area contributed by atoms with Gasteiger partial charge in [-0.15, -0.1) is 0 Å². The van der Waals surface area contributed by atoms with Crippen LogP contribution in [0.1, 0.15) is 58.3 Å². The molecule has 1 fully saturated rings. The third-order valence-corrected chi connectivity index (χ3v) is 3.76. The quantitative estimate of drug-likeness (QED) is 0.166. The Morgan fingerprint density at radius 3 is 2.50 bits per heavy atom. The van der Waals surface area contributed by atoms with Gasteiger partial charge in [-0.25, -0.2) is 0 Å². The van der Waals surface area contributed by atoms with E-state index >= 15 is 0 Å². The molecule has 0 atom stereocenters. The predicted molar refractivity (Wildman–Crippen MR) is 77.7 cm³/mol. The van der Waals surface area contributed by atoms with Crippen LogP contribution in [0.25, 0.3) is 0 Å². The van der Waals surface area contributed by atoms with Crippen molar-refractivity contribution >= 4 is 11.7 Å². The van der Waals surface area contributed by atoms with Crippen LogP contribution in [0.4, 0.5) is 0 Å². The summed E-state index contributed by atoms with van der Waals surface area (Å²) in [7, 11) is 0. The Balaban J connectivity index is 2.58. The second kappa shape index (κ2) is 8.79. The van der Waals surface area contributed by atoms with Crippen LogP contribution in [0.15, 0.2) is 5.16 Å². The highest BCUT2D eigenvalue weighted by Gasteiger charge is 2.36. The highest BCUT2D eigenvalue weighted by atomic mass is 16.5. The van der Waals surface area contributed by atoms with Crippen LogP contribution < -0.4 is 11.1 Å². The molecular weight excluding hydrogens is 258 g/mol. The van der Waals surface area contributed by atoms with E-state index in [9.17, 15) is 4.79 Å². The summed E-state index contributed by atoms with van der Waals surface area (Å²) in [4.78, 5) is 12.0. The maximum Gasteiger partial charge on any atom is 0.223 e. The minimum absolute atomic E-state index is 0.102. The standard InChI is InChI=1S/C14H27N3O3/c1-2-10-20-11-7-12(18)16-14(13(15)17-19)8-5-3-4-6-9-14/h19H,2-11H2,1H3,(H2,15,17)(H,16,18). The number of oxime groups is 1. The molecule has 1 rings (SSSR count). The lowest BCUT2D eigenvalue weighted by Crippen LogP contribution is -2.57. The van der Waals surface area contributed by atoms with Gasteiger partial charge in [0.15, 0.2) is 5.84 Å². The zero-order valence-electron chi connectivity index (χ0n) is 12.4. The maximum absolute atomic E-state index is 12.0. The number of nitrogens with two attached hydrogens (primary N) is 1. The first kappa shape index (κ1) is 16.8. The lowest BCUT2D eigenvalue weighted by Gasteiger charge is -2.32. The van der Waals surface area contributed by atoms with Gasteiger partial charge in [0, 0.05) is 13.0 Å². The monoisotopic (exact) mass is 285 g/mol. The van der Waals surface area contributed by atoms with E-state index < -0.39 is 5.54 Å². The Kier molecular flexibility index (Phi) is 7.36. The number of amidine groups is 1. The smallest absolute Gasteiger partial charge is 0.223 e. The number of hydrogen-bond donors (Lipinski definition) is 3. The minimum atomic E-state index is -0.687. The van der Waals surface area contributed by atoms with Crippen LogP contribution in [0.5, 0.6) is 0 Å². The van der Waals surface area contributed by atoms with Gasteiger partial charge in [-0.3, -0.25) is 4.79 Å². The highest BCUT2D eigenvalue weighted by Crippen LogP contribution is 2.27. The number of carbonyl (C=O) groups is 1. The SMILES string of the molecule is CCCOCCC(=O)NC1(C(N)=NO)CCCCCC1. The van der Waals surface area contributed by atoms with Crippen molar-refractivity contribution in [2.45, 2.75) is 63.8 Å². The van der Waals surface area contributed by atoms with Crippen molar-refractivity contribution in [2.75, 3.05) is 13.2 Å². The fourth-order valence-corrected chi connectivity index (χ4v) is 2.61. The molecule has 0 unspecified atom stereocenters. The van der Waals surface area contributed by atoms with Crippen LogP contribution >= 0.6 is 0 Å². The summed E-state index contributed by atoms with van der Waals surface area (Å²) in [5.74, 6) is 0.0110. The summed E-state index contributed by atoms with van der Waals surface area (Å²) < 4.78 is 5.32. The lowest BCUT2D eigenvalue weighted by molar-refractivity contribution is -0.123. The summed E-state index contributed by atoms with van der Waals surface area (Å²) in [6.45, 7) is 3.10. The molecule has 6 heteroatoms. The van der Waals surface area contributed by atoms with E-state index in [0.29, 0.717) is 19.6 Å². The van der Waals surface area contributed by atoms with E-state index in [1.807, 2.05) is 6.92 Å².